The second kappa shape index (κ2) is 7.91. The lowest BCUT2D eigenvalue weighted by atomic mass is 9.90. The van der Waals surface area contributed by atoms with Crippen LogP contribution in [0.4, 0.5) is 23.2 Å². The molecule has 2 fully saturated rings. The summed E-state index contributed by atoms with van der Waals surface area (Å²) in [6, 6.07) is 9.90. The Kier molecular flexibility index (Phi) is 5.38. The van der Waals surface area contributed by atoms with Crippen LogP contribution in [0.1, 0.15) is 23.1 Å². The minimum absolute atomic E-state index is 0.0475. The van der Waals surface area contributed by atoms with Crippen molar-refractivity contribution in [2.45, 2.75) is 24.7 Å². The Bertz CT molecular complexity index is 1100. The van der Waals surface area contributed by atoms with Gasteiger partial charge in [-0.15, -0.1) is 0 Å². The van der Waals surface area contributed by atoms with Crippen molar-refractivity contribution in [1.29, 1.82) is 5.26 Å². The zero-order chi connectivity index (χ0) is 23.1. The Morgan fingerprint density at radius 3 is 2.41 bits per heavy atom. The summed E-state index contributed by atoms with van der Waals surface area (Å²) in [5, 5.41) is 12.0. The monoisotopic (exact) mass is 446 g/mol. The van der Waals surface area contributed by atoms with Crippen molar-refractivity contribution < 1.29 is 27.2 Å². The summed E-state index contributed by atoms with van der Waals surface area (Å²) in [5.74, 6) is -1.71. The molecular weight excluding hydrogens is 428 g/mol. The van der Waals surface area contributed by atoms with Crippen molar-refractivity contribution in [1.82, 2.24) is 10.2 Å². The van der Waals surface area contributed by atoms with Crippen LogP contribution in [0, 0.1) is 17.1 Å². The molecule has 1 spiro atoms. The lowest BCUT2D eigenvalue weighted by Crippen LogP contribution is -2.69. The lowest BCUT2D eigenvalue weighted by Gasteiger charge is -2.47. The van der Waals surface area contributed by atoms with Gasteiger partial charge in [-0.3, -0.25) is 14.5 Å². The number of hydrogen-bond donors (Lipinski definition) is 1. The van der Waals surface area contributed by atoms with Gasteiger partial charge in [0.25, 0.3) is 5.91 Å². The van der Waals surface area contributed by atoms with E-state index in [0.29, 0.717) is 12.1 Å². The van der Waals surface area contributed by atoms with Crippen LogP contribution >= 0.6 is 0 Å². The number of nitrogens with zero attached hydrogens (tertiary/aromatic N) is 3. The van der Waals surface area contributed by atoms with Gasteiger partial charge < -0.3 is 10.2 Å². The molecule has 166 valence electrons. The van der Waals surface area contributed by atoms with Crippen molar-refractivity contribution in [3.63, 3.8) is 0 Å². The standard InChI is InChI=1S/C22H18F4N4O2/c23-17-9-15(10-27)3-6-18(17)29-12-19(31)30(21(20(29)32)7-8-28-13-21)11-14-1-4-16(5-2-14)22(24,25)26/h1-6,9,28H,7-8,11-13H2. The molecule has 2 saturated heterocycles. The van der Waals surface area contributed by atoms with Crippen molar-refractivity contribution in [3.05, 3.63) is 65.0 Å². The summed E-state index contributed by atoms with van der Waals surface area (Å²) >= 11 is 0. The molecule has 2 heterocycles. The predicted molar refractivity (Wildman–Crippen MR) is 106 cm³/mol. The number of piperazine rings is 1. The van der Waals surface area contributed by atoms with Gasteiger partial charge in [0, 0.05) is 13.1 Å². The topological polar surface area (TPSA) is 76.4 Å². The number of carbonyl (C=O) groups excluding carboxylic acids is 2. The Balaban J connectivity index is 1.65. The number of rotatable bonds is 3. The average molecular weight is 446 g/mol. The number of anilines is 1. The van der Waals surface area contributed by atoms with Gasteiger partial charge in [-0.2, -0.15) is 18.4 Å². The van der Waals surface area contributed by atoms with E-state index in [2.05, 4.69) is 5.32 Å². The predicted octanol–water partition coefficient (Wildman–Crippen LogP) is 2.82. The molecule has 32 heavy (non-hydrogen) atoms. The second-order valence-corrected chi connectivity index (χ2v) is 7.80. The van der Waals surface area contributed by atoms with E-state index in [9.17, 15) is 27.2 Å². The second-order valence-electron chi connectivity index (χ2n) is 7.80. The molecule has 10 heteroatoms. The van der Waals surface area contributed by atoms with E-state index in [1.165, 1.54) is 29.2 Å². The molecule has 2 aromatic rings. The van der Waals surface area contributed by atoms with Gasteiger partial charge in [0.1, 0.15) is 17.9 Å². The van der Waals surface area contributed by atoms with Crippen LogP contribution in [-0.2, 0) is 22.3 Å². The van der Waals surface area contributed by atoms with Gasteiger partial charge in [0.15, 0.2) is 0 Å². The average Bonchev–Trinajstić information content (AvgIpc) is 3.24. The SMILES string of the molecule is N#Cc1ccc(N2CC(=O)N(Cc3ccc(C(F)(F)F)cc3)C3(CCNC3)C2=O)c(F)c1. The number of hydrogen-bond acceptors (Lipinski definition) is 4. The molecule has 2 aliphatic heterocycles. The fourth-order valence-electron chi connectivity index (χ4n) is 4.20. The first kappa shape index (κ1) is 21.8. The van der Waals surface area contributed by atoms with Gasteiger partial charge in [-0.05, 0) is 48.9 Å². The third-order valence-electron chi connectivity index (χ3n) is 5.88. The maximum atomic E-state index is 14.6. The first-order valence-electron chi connectivity index (χ1n) is 9.85. The summed E-state index contributed by atoms with van der Waals surface area (Å²) < 4.78 is 53.1. The van der Waals surface area contributed by atoms with Crippen LogP contribution in [0.3, 0.4) is 0 Å². The van der Waals surface area contributed by atoms with E-state index in [-0.39, 0.29) is 30.8 Å². The number of nitriles is 1. The molecule has 0 saturated carbocycles. The van der Waals surface area contributed by atoms with Gasteiger partial charge >= 0.3 is 6.18 Å². The number of halogens is 4. The van der Waals surface area contributed by atoms with Crippen LogP contribution in [-0.4, -0.2) is 41.9 Å². The van der Waals surface area contributed by atoms with E-state index in [0.717, 1.165) is 23.1 Å². The van der Waals surface area contributed by atoms with E-state index in [4.69, 9.17) is 5.26 Å². The molecular formula is C22H18F4N4O2. The minimum atomic E-state index is -4.47. The molecule has 2 aliphatic rings. The largest absolute Gasteiger partial charge is 0.416 e. The summed E-state index contributed by atoms with van der Waals surface area (Å²) in [5.41, 5.74) is -1.64. The number of carbonyl (C=O) groups is 2. The van der Waals surface area contributed by atoms with Gasteiger partial charge in [0.05, 0.1) is 22.9 Å². The van der Waals surface area contributed by atoms with Crippen LogP contribution in [0.5, 0.6) is 0 Å². The molecule has 1 N–H and O–H groups in total. The van der Waals surface area contributed by atoms with E-state index in [1.807, 2.05) is 6.07 Å². The molecule has 0 bridgehead atoms. The van der Waals surface area contributed by atoms with Crippen molar-refractivity contribution in [2.75, 3.05) is 24.5 Å². The number of amides is 2. The van der Waals surface area contributed by atoms with Crippen molar-refractivity contribution >= 4 is 17.5 Å². The fourth-order valence-corrected chi connectivity index (χ4v) is 4.20. The summed E-state index contributed by atoms with van der Waals surface area (Å²) in [6.07, 6.45) is -4.19. The third-order valence-corrected chi connectivity index (χ3v) is 5.88. The zero-order valence-corrected chi connectivity index (χ0v) is 16.7. The summed E-state index contributed by atoms with van der Waals surface area (Å²) in [7, 11) is 0. The molecule has 0 aromatic heterocycles. The smallest absolute Gasteiger partial charge is 0.321 e. The van der Waals surface area contributed by atoms with Crippen LogP contribution < -0.4 is 10.2 Å². The Labute approximate surface area is 181 Å². The van der Waals surface area contributed by atoms with Crippen molar-refractivity contribution in [3.8, 4) is 6.07 Å². The Hall–Kier alpha value is -3.45. The molecule has 0 aliphatic carbocycles. The number of nitrogens with one attached hydrogen (secondary N) is 1. The van der Waals surface area contributed by atoms with E-state index >= 15 is 0 Å². The highest BCUT2D eigenvalue weighted by Gasteiger charge is 2.54. The van der Waals surface area contributed by atoms with Crippen LogP contribution in [0.2, 0.25) is 0 Å². The molecule has 2 aromatic carbocycles. The first-order chi connectivity index (χ1) is 15.2. The Morgan fingerprint density at radius 2 is 1.84 bits per heavy atom. The highest BCUT2D eigenvalue weighted by Crippen LogP contribution is 2.35. The van der Waals surface area contributed by atoms with Crippen LogP contribution in [0.25, 0.3) is 0 Å². The summed E-state index contributed by atoms with van der Waals surface area (Å²) in [4.78, 5) is 29.0. The number of alkyl halides is 3. The highest BCUT2D eigenvalue weighted by molar-refractivity contribution is 6.09. The van der Waals surface area contributed by atoms with E-state index in [1.54, 1.807) is 0 Å². The third kappa shape index (κ3) is 3.69. The summed E-state index contributed by atoms with van der Waals surface area (Å²) in [6.45, 7) is 0.136. The van der Waals surface area contributed by atoms with Gasteiger partial charge in [-0.25, -0.2) is 4.39 Å². The maximum absolute atomic E-state index is 14.6. The van der Waals surface area contributed by atoms with Crippen molar-refractivity contribution in [2.24, 2.45) is 0 Å². The number of benzene rings is 2. The van der Waals surface area contributed by atoms with Gasteiger partial charge in [-0.1, -0.05) is 12.1 Å². The lowest BCUT2D eigenvalue weighted by molar-refractivity contribution is -0.150. The quantitative estimate of drug-likeness (QED) is 0.736. The molecule has 1 unspecified atom stereocenters. The maximum Gasteiger partial charge on any atom is 0.416 e. The molecule has 4 rings (SSSR count). The van der Waals surface area contributed by atoms with E-state index < -0.39 is 41.5 Å². The molecule has 2 amide bonds. The zero-order valence-electron chi connectivity index (χ0n) is 16.7. The molecule has 6 nitrogen and oxygen atoms in total. The fraction of sp³-hybridized carbons (Fsp3) is 0.318. The van der Waals surface area contributed by atoms with Gasteiger partial charge in [0.2, 0.25) is 5.91 Å². The van der Waals surface area contributed by atoms with Crippen LogP contribution in [0.15, 0.2) is 42.5 Å². The minimum Gasteiger partial charge on any atom is -0.321 e. The normalized spacial score (nSPS) is 21.3. The highest BCUT2D eigenvalue weighted by atomic mass is 19.4. The molecule has 0 radical (unpaired) electrons. The first-order valence-corrected chi connectivity index (χ1v) is 9.85. The Morgan fingerprint density at radius 1 is 1.12 bits per heavy atom. The molecule has 1 atom stereocenters.